The second kappa shape index (κ2) is 8.12. The van der Waals surface area contributed by atoms with Crippen molar-refractivity contribution in [1.82, 2.24) is 20.7 Å². The maximum Gasteiger partial charge on any atom is 0.269 e. The molecule has 0 fully saturated rings. The van der Waals surface area contributed by atoms with Gasteiger partial charge in [0.1, 0.15) is 0 Å². The maximum absolute atomic E-state index is 12.2. The summed E-state index contributed by atoms with van der Waals surface area (Å²) in [6.07, 6.45) is 3.90. The third-order valence-corrected chi connectivity index (χ3v) is 3.86. The Kier molecular flexibility index (Phi) is 5.43. The van der Waals surface area contributed by atoms with Crippen LogP contribution >= 0.6 is 12.2 Å². The fourth-order valence-electron chi connectivity index (χ4n) is 2.30. The molecular formula is C19H18N4OS. The Labute approximate surface area is 151 Å². The normalized spacial score (nSPS) is 10.1. The highest BCUT2D eigenvalue weighted by atomic mass is 32.1. The van der Waals surface area contributed by atoms with Crippen molar-refractivity contribution >= 4 is 23.2 Å². The molecule has 25 heavy (non-hydrogen) atoms. The van der Waals surface area contributed by atoms with E-state index in [2.05, 4.69) is 16.2 Å². The average Bonchev–Trinajstić information content (AvgIpc) is 3.20. The zero-order chi connectivity index (χ0) is 17.5. The number of hydrazine groups is 1. The number of amides is 1. The highest BCUT2D eigenvalue weighted by Gasteiger charge is 2.06. The van der Waals surface area contributed by atoms with Crippen LogP contribution < -0.4 is 16.2 Å². The molecule has 1 heterocycles. The van der Waals surface area contributed by atoms with E-state index in [0.29, 0.717) is 17.2 Å². The Bertz CT molecular complexity index is 830. The molecule has 3 N–H and O–H groups in total. The second-order valence-electron chi connectivity index (χ2n) is 5.38. The van der Waals surface area contributed by atoms with Crippen molar-refractivity contribution in [3.8, 4) is 5.69 Å². The summed E-state index contributed by atoms with van der Waals surface area (Å²) in [4.78, 5) is 12.2. The number of carbonyl (C=O) groups excluding carboxylic acids is 1. The summed E-state index contributed by atoms with van der Waals surface area (Å²) in [6, 6.07) is 21.1. The number of rotatable bonds is 4. The van der Waals surface area contributed by atoms with Crippen LogP contribution in [-0.4, -0.2) is 15.6 Å². The topological polar surface area (TPSA) is 58.1 Å². The molecule has 0 bridgehead atoms. The van der Waals surface area contributed by atoms with E-state index in [1.165, 1.54) is 0 Å². The summed E-state index contributed by atoms with van der Waals surface area (Å²) < 4.78 is 1.97. The number of thiocarbonyl (C=S) groups is 1. The van der Waals surface area contributed by atoms with Crippen molar-refractivity contribution in [2.75, 3.05) is 0 Å². The third kappa shape index (κ3) is 4.68. The van der Waals surface area contributed by atoms with E-state index in [9.17, 15) is 4.79 Å². The van der Waals surface area contributed by atoms with Gasteiger partial charge in [0.15, 0.2) is 5.11 Å². The van der Waals surface area contributed by atoms with Crippen molar-refractivity contribution in [1.29, 1.82) is 0 Å². The van der Waals surface area contributed by atoms with E-state index in [1.807, 2.05) is 71.6 Å². The van der Waals surface area contributed by atoms with E-state index in [1.54, 1.807) is 12.1 Å². The number of carbonyl (C=O) groups is 1. The van der Waals surface area contributed by atoms with Gasteiger partial charge < -0.3 is 9.88 Å². The molecule has 3 aromatic rings. The van der Waals surface area contributed by atoms with Crippen molar-refractivity contribution in [2.45, 2.75) is 6.54 Å². The molecule has 0 radical (unpaired) electrons. The van der Waals surface area contributed by atoms with Gasteiger partial charge in [-0.05, 0) is 54.2 Å². The minimum absolute atomic E-state index is 0.247. The van der Waals surface area contributed by atoms with Crippen LogP contribution in [-0.2, 0) is 6.54 Å². The molecule has 0 aliphatic heterocycles. The molecule has 0 saturated carbocycles. The third-order valence-electron chi connectivity index (χ3n) is 3.62. The molecule has 0 saturated heterocycles. The molecular weight excluding hydrogens is 332 g/mol. The van der Waals surface area contributed by atoms with E-state index in [4.69, 9.17) is 12.2 Å². The zero-order valence-corrected chi connectivity index (χ0v) is 14.3. The quantitative estimate of drug-likeness (QED) is 0.500. The number of hydrogen-bond acceptors (Lipinski definition) is 2. The number of aromatic nitrogens is 1. The fourth-order valence-corrected chi connectivity index (χ4v) is 2.42. The molecule has 6 heteroatoms. The molecule has 0 spiro atoms. The summed E-state index contributed by atoms with van der Waals surface area (Å²) in [5.41, 5.74) is 7.95. The lowest BCUT2D eigenvalue weighted by Gasteiger charge is -2.12. The lowest BCUT2D eigenvalue weighted by atomic mass is 10.2. The molecule has 5 nitrogen and oxygen atoms in total. The molecule has 2 aromatic carbocycles. The fraction of sp³-hybridized carbons (Fsp3) is 0.0526. The highest BCUT2D eigenvalue weighted by molar-refractivity contribution is 7.80. The Morgan fingerprint density at radius 1 is 0.880 bits per heavy atom. The van der Waals surface area contributed by atoms with Gasteiger partial charge in [0.2, 0.25) is 0 Å². The van der Waals surface area contributed by atoms with E-state index in [0.717, 1.165) is 11.3 Å². The molecule has 126 valence electrons. The van der Waals surface area contributed by atoms with Gasteiger partial charge in [0.25, 0.3) is 5.91 Å². The van der Waals surface area contributed by atoms with Crippen LogP contribution in [0.5, 0.6) is 0 Å². The van der Waals surface area contributed by atoms with Gasteiger partial charge >= 0.3 is 0 Å². The zero-order valence-electron chi connectivity index (χ0n) is 13.5. The minimum Gasteiger partial charge on any atom is -0.357 e. The van der Waals surface area contributed by atoms with Crippen LogP contribution in [0, 0.1) is 0 Å². The summed E-state index contributed by atoms with van der Waals surface area (Å²) in [5.74, 6) is -0.247. The minimum atomic E-state index is -0.247. The van der Waals surface area contributed by atoms with Crippen LogP contribution in [0.2, 0.25) is 0 Å². The van der Waals surface area contributed by atoms with Crippen LogP contribution in [0.1, 0.15) is 15.9 Å². The first-order chi connectivity index (χ1) is 12.2. The first-order valence-corrected chi connectivity index (χ1v) is 8.25. The summed E-state index contributed by atoms with van der Waals surface area (Å²) in [5, 5.41) is 3.40. The first kappa shape index (κ1) is 16.7. The van der Waals surface area contributed by atoms with Gasteiger partial charge in [0, 0.05) is 30.2 Å². The molecule has 0 atom stereocenters. The lowest BCUT2D eigenvalue weighted by Crippen LogP contribution is -2.46. The van der Waals surface area contributed by atoms with Crippen LogP contribution in [0.4, 0.5) is 0 Å². The Morgan fingerprint density at radius 2 is 1.56 bits per heavy atom. The van der Waals surface area contributed by atoms with Gasteiger partial charge in [-0.3, -0.25) is 15.6 Å². The highest BCUT2D eigenvalue weighted by Crippen LogP contribution is 2.09. The van der Waals surface area contributed by atoms with Gasteiger partial charge in [-0.2, -0.15) is 0 Å². The van der Waals surface area contributed by atoms with Gasteiger partial charge in [-0.25, -0.2) is 0 Å². The first-order valence-electron chi connectivity index (χ1n) is 7.84. The second-order valence-corrected chi connectivity index (χ2v) is 5.79. The standard InChI is InChI=1S/C19H18N4OS/c24-18(16-8-10-17(11-9-16)23-12-4-5-13-23)21-22-19(25)20-14-15-6-2-1-3-7-15/h1-13H,14H2,(H,21,24)(H2,20,22,25). The maximum atomic E-state index is 12.2. The molecule has 0 unspecified atom stereocenters. The number of nitrogens with one attached hydrogen (secondary N) is 3. The Hall–Kier alpha value is -3.12. The van der Waals surface area contributed by atoms with Crippen molar-refractivity contribution in [3.05, 3.63) is 90.3 Å². The van der Waals surface area contributed by atoms with E-state index >= 15 is 0 Å². The van der Waals surface area contributed by atoms with Crippen LogP contribution in [0.15, 0.2) is 79.1 Å². The summed E-state index contributed by atoms with van der Waals surface area (Å²) in [6.45, 7) is 0.591. The number of nitrogens with zero attached hydrogens (tertiary/aromatic N) is 1. The number of benzene rings is 2. The summed E-state index contributed by atoms with van der Waals surface area (Å²) >= 11 is 5.16. The monoisotopic (exact) mass is 350 g/mol. The van der Waals surface area contributed by atoms with E-state index in [-0.39, 0.29) is 5.91 Å². The predicted octanol–water partition coefficient (Wildman–Crippen LogP) is 2.79. The van der Waals surface area contributed by atoms with Gasteiger partial charge in [-0.15, -0.1) is 0 Å². The molecule has 3 rings (SSSR count). The lowest BCUT2D eigenvalue weighted by molar-refractivity contribution is 0.0943. The van der Waals surface area contributed by atoms with Gasteiger partial charge in [-0.1, -0.05) is 30.3 Å². The molecule has 1 aromatic heterocycles. The predicted molar refractivity (Wildman–Crippen MR) is 102 cm³/mol. The Balaban J connectivity index is 1.48. The molecule has 0 aliphatic rings. The molecule has 0 aliphatic carbocycles. The van der Waals surface area contributed by atoms with Crippen molar-refractivity contribution < 1.29 is 4.79 Å². The summed E-state index contributed by atoms with van der Waals surface area (Å²) in [7, 11) is 0. The SMILES string of the molecule is O=C(NNC(=S)NCc1ccccc1)c1ccc(-n2cccc2)cc1. The van der Waals surface area contributed by atoms with Crippen molar-refractivity contribution in [2.24, 2.45) is 0 Å². The average molecular weight is 350 g/mol. The number of hydrogen-bond donors (Lipinski definition) is 3. The molecule has 1 amide bonds. The van der Waals surface area contributed by atoms with Crippen LogP contribution in [0.3, 0.4) is 0 Å². The van der Waals surface area contributed by atoms with Gasteiger partial charge in [0.05, 0.1) is 0 Å². The smallest absolute Gasteiger partial charge is 0.269 e. The van der Waals surface area contributed by atoms with E-state index < -0.39 is 0 Å². The van der Waals surface area contributed by atoms with Crippen molar-refractivity contribution in [3.63, 3.8) is 0 Å². The Morgan fingerprint density at radius 3 is 2.24 bits per heavy atom. The van der Waals surface area contributed by atoms with Crippen LogP contribution in [0.25, 0.3) is 5.69 Å². The largest absolute Gasteiger partial charge is 0.357 e.